The zero-order valence-corrected chi connectivity index (χ0v) is 13.6. The Hall–Kier alpha value is -0.120. The van der Waals surface area contributed by atoms with E-state index in [1.807, 2.05) is 0 Å². The van der Waals surface area contributed by atoms with E-state index in [9.17, 15) is 5.11 Å². The molecule has 0 bridgehead atoms. The average molecular weight is 270 g/mol. The Labute approximate surface area is 119 Å². The third-order valence-electron chi connectivity index (χ3n) is 4.46. The van der Waals surface area contributed by atoms with Gasteiger partial charge in [0.25, 0.3) is 0 Å². The predicted octanol–water partition coefficient (Wildman–Crippen LogP) is 2.78. The van der Waals surface area contributed by atoms with Gasteiger partial charge < -0.3 is 10.4 Å². The highest BCUT2D eigenvalue weighted by Gasteiger charge is 2.31. The Kier molecular flexibility index (Phi) is 6.78. The Balaban J connectivity index is 2.60. The summed E-state index contributed by atoms with van der Waals surface area (Å²) in [6.07, 6.45) is 6.48. The second-order valence-electron chi connectivity index (χ2n) is 6.84. The van der Waals surface area contributed by atoms with E-state index in [0.717, 1.165) is 19.0 Å². The molecule has 0 spiro atoms. The van der Waals surface area contributed by atoms with Crippen LogP contribution in [0.2, 0.25) is 0 Å². The van der Waals surface area contributed by atoms with Gasteiger partial charge in [0.1, 0.15) is 0 Å². The number of aliphatic hydroxyl groups excluding tert-OH is 1. The summed E-state index contributed by atoms with van der Waals surface area (Å²) in [6.45, 7) is 12.3. The lowest BCUT2D eigenvalue weighted by Crippen LogP contribution is -2.54. The van der Waals surface area contributed by atoms with Gasteiger partial charge in [-0.1, -0.05) is 33.6 Å². The van der Waals surface area contributed by atoms with Crippen LogP contribution in [0.5, 0.6) is 0 Å². The van der Waals surface area contributed by atoms with E-state index in [2.05, 4.69) is 44.8 Å². The van der Waals surface area contributed by atoms with Crippen LogP contribution in [0.1, 0.15) is 66.7 Å². The zero-order chi connectivity index (χ0) is 14.5. The lowest BCUT2D eigenvalue weighted by atomic mass is 9.92. The first kappa shape index (κ1) is 16.9. The summed E-state index contributed by atoms with van der Waals surface area (Å²) < 4.78 is 0. The fourth-order valence-electron chi connectivity index (χ4n) is 3.80. The van der Waals surface area contributed by atoms with Gasteiger partial charge >= 0.3 is 0 Å². The Morgan fingerprint density at radius 1 is 1.26 bits per heavy atom. The maximum Gasteiger partial charge on any atom is 0.0611 e. The fourth-order valence-corrected chi connectivity index (χ4v) is 3.80. The van der Waals surface area contributed by atoms with E-state index in [0.29, 0.717) is 12.1 Å². The average Bonchev–Trinajstić information content (AvgIpc) is 2.82. The first-order valence-corrected chi connectivity index (χ1v) is 8.06. The maximum atomic E-state index is 9.72. The van der Waals surface area contributed by atoms with Crippen molar-refractivity contribution in [1.29, 1.82) is 0 Å². The molecule has 0 radical (unpaired) electrons. The van der Waals surface area contributed by atoms with Gasteiger partial charge in [0.15, 0.2) is 0 Å². The van der Waals surface area contributed by atoms with Gasteiger partial charge in [0.05, 0.1) is 6.61 Å². The SMILES string of the molecule is CCN(C(C)CC(C)(CO)NC(C)C)C1CCCC1. The van der Waals surface area contributed by atoms with Crippen LogP contribution in [0.25, 0.3) is 0 Å². The highest BCUT2D eigenvalue weighted by molar-refractivity contribution is 4.90. The lowest BCUT2D eigenvalue weighted by molar-refractivity contribution is 0.0883. The minimum atomic E-state index is -0.167. The van der Waals surface area contributed by atoms with Crippen LogP contribution in [0, 0.1) is 0 Å². The standard InChI is InChI=1S/C16H34N2O/c1-6-18(15-9-7-8-10-15)14(4)11-16(5,12-19)17-13(2)3/h13-15,17,19H,6-12H2,1-5H3. The second kappa shape index (κ2) is 7.61. The summed E-state index contributed by atoms with van der Waals surface area (Å²) in [5, 5.41) is 13.3. The van der Waals surface area contributed by atoms with Crippen molar-refractivity contribution in [3.05, 3.63) is 0 Å². The van der Waals surface area contributed by atoms with Crippen molar-refractivity contribution < 1.29 is 5.11 Å². The van der Waals surface area contributed by atoms with E-state index in [1.54, 1.807) is 0 Å². The van der Waals surface area contributed by atoms with Gasteiger partial charge in [0, 0.05) is 23.7 Å². The second-order valence-corrected chi connectivity index (χ2v) is 6.84. The minimum Gasteiger partial charge on any atom is -0.394 e. The van der Waals surface area contributed by atoms with E-state index >= 15 is 0 Å². The fraction of sp³-hybridized carbons (Fsp3) is 1.00. The summed E-state index contributed by atoms with van der Waals surface area (Å²) in [4.78, 5) is 2.64. The van der Waals surface area contributed by atoms with Crippen molar-refractivity contribution in [1.82, 2.24) is 10.2 Å². The Morgan fingerprint density at radius 3 is 2.26 bits per heavy atom. The molecule has 2 unspecified atom stereocenters. The van der Waals surface area contributed by atoms with Gasteiger partial charge in [-0.3, -0.25) is 4.90 Å². The molecular formula is C16H34N2O. The highest BCUT2D eigenvalue weighted by Crippen LogP contribution is 2.27. The van der Waals surface area contributed by atoms with Crippen LogP contribution in [0.4, 0.5) is 0 Å². The van der Waals surface area contributed by atoms with Crippen molar-refractivity contribution in [3.8, 4) is 0 Å². The molecule has 0 saturated heterocycles. The van der Waals surface area contributed by atoms with Gasteiger partial charge in [0.2, 0.25) is 0 Å². The number of hydrogen-bond donors (Lipinski definition) is 2. The van der Waals surface area contributed by atoms with Crippen LogP contribution >= 0.6 is 0 Å². The lowest BCUT2D eigenvalue weighted by Gasteiger charge is -2.40. The molecular weight excluding hydrogens is 236 g/mol. The van der Waals surface area contributed by atoms with Gasteiger partial charge in [-0.25, -0.2) is 0 Å². The van der Waals surface area contributed by atoms with Gasteiger partial charge in [-0.15, -0.1) is 0 Å². The van der Waals surface area contributed by atoms with E-state index in [1.165, 1.54) is 25.7 Å². The van der Waals surface area contributed by atoms with Crippen molar-refractivity contribution in [2.75, 3.05) is 13.2 Å². The Bertz CT molecular complexity index is 251. The van der Waals surface area contributed by atoms with Crippen LogP contribution in [-0.4, -0.2) is 46.8 Å². The molecule has 3 heteroatoms. The molecule has 1 fully saturated rings. The molecule has 1 aliphatic rings. The number of nitrogens with zero attached hydrogens (tertiary/aromatic N) is 1. The molecule has 3 nitrogen and oxygen atoms in total. The molecule has 0 heterocycles. The summed E-state index contributed by atoms with van der Waals surface area (Å²) >= 11 is 0. The van der Waals surface area contributed by atoms with Gasteiger partial charge in [-0.05, 0) is 39.7 Å². The molecule has 0 amide bonds. The molecule has 0 aromatic heterocycles. The molecule has 2 N–H and O–H groups in total. The molecule has 1 rings (SSSR count). The van der Waals surface area contributed by atoms with Crippen LogP contribution in [-0.2, 0) is 0 Å². The third-order valence-corrected chi connectivity index (χ3v) is 4.46. The molecule has 19 heavy (non-hydrogen) atoms. The van der Waals surface area contributed by atoms with E-state index < -0.39 is 0 Å². The van der Waals surface area contributed by atoms with Crippen LogP contribution in [0.3, 0.4) is 0 Å². The summed E-state index contributed by atoms with van der Waals surface area (Å²) in [5.74, 6) is 0. The smallest absolute Gasteiger partial charge is 0.0611 e. The number of aliphatic hydroxyl groups is 1. The largest absolute Gasteiger partial charge is 0.394 e. The molecule has 0 aromatic rings. The predicted molar refractivity (Wildman–Crippen MR) is 82.5 cm³/mol. The van der Waals surface area contributed by atoms with Gasteiger partial charge in [-0.2, -0.15) is 0 Å². The zero-order valence-electron chi connectivity index (χ0n) is 13.6. The molecule has 2 atom stereocenters. The van der Waals surface area contributed by atoms with Crippen LogP contribution < -0.4 is 5.32 Å². The summed E-state index contributed by atoms with van der Waals surface area (Å²) in [7, 11) is 0. The normalized spacial score (nSPS) is 22.1. The van der Waals surface area contributed by atoms with Crippen molar-refractivity contribution in [2.45, 2.75) is 90.4 Å². The first-order valence-electron chi connectivity index (χ1n) is 8.06. The molecule has 0 aromatic carbocycles. The quantitative estimate of drug-likeness (QED) is 0.712. The Morgan fingerprint density at radius 2 is 1.84 bits per heavy atom. The maximum absolute atomic E-state index is 9.72. The number of nitrogens with one attached hydrogen (secondary N) is 1. The molecule has 1 saturated carbocycles. The monoisotopic (exact) mass is 270 g/mol. The third kappa shape index (κ3) is 5.05. The minimum absolute atomic E-state index is 0.167. The summed E-state index contributed by atoms with van der Waals surface area (Å²) in [5.41, 5.74) is -0.167. The topological polar surface area (TPSA) is 35.5 Å². The van der Waals surface area contributed by atoms with Crippen molar-refractivity contribution in [2.24, 2.45) is 0 Å². The van der Waals surface area contributed by atoms with Crippen molar-refractivity contribution in [3.63, 3.8) is 0 Å². The summed E-state index contributed by atoms with van der Waals surface area (Å²) in [6, 6.07) is 1.70. The highest BCUT2D eigenvalue weighted by atomic mass is 16.3. The molecule has 114 valence electrons. The first-order chi connectivity index (χ1) is 8.91. The van der Waals surface area contributed by atoms with E-state index in [-0.39, 0.29) is 12.1 Å². The van der Waals surface area contributed by atoms with Crippen LogP contribution in [0.15, 0.2) is 0 Å². The van der Waals surface area contributed by atoms with Crippen molar-refractivity contribution >= 4 is 0 Å². The van der Waals surface area contributed by atoms with E-state index in [4.69, 9.17) is 0 Å². The molecule has 0 aliphatic heterocycles. The number of rotatable bonds is 8. The number of hydrogen-bond acceptors (Lipinski definition) is 3. The molecule has 1 aliphatic carbocycles.